The maximum absolute atomic E-state index is 6.41. The SMILES string of the molecule is CC(N)(Cc1cccs1)c1ccccc1Br. The smallest absolute Gasteiger partial charge is 0.0440 e. The normalized spacial score (nSPS) is 14.7. The van der Waals surface area contributed by atoms with Crippen LogP contribution in [-0.2, 0) is 12.0 Å². The van der Waals surface area contributed by atoms with Crippen molar-refractivity contribution in [3.63, 3.8) is 0 Å². The quantitative estimate of drug-likeness (QED) is 0.912. The third-order valence-corrected chi connectivity index (χ3v) is 4.18. The van der Waals surface area contributed by atoms with Crippen LogP contribution in [0.1, 0.15) is 17.4 Å². The molecule has 0 saturated heterocycles. The molecule has 0 bridgehead atoms. The van der Waals surface area contributed by atoms with E-state index in [0.29, 0.717) is 0 Å². The fourth-order valence-electron chi connectivity index (χ4n) is 1.79. The van der Waals surface area contributed by atoms with Gasteiger partial charge in [0.1, 0.15) is 0 Å². The van der Waals surface area contributed by atoms with Crippen molar-refractivity contribution in [1.29, 1.82) is 0 Å². The third-order valence-electron chi connectivity index (χ3n) is 2.61. The Morgan fingerprint density at radius 1 is 1.25 bits per heavy atom. The van der Waals surface area contributed by atoms with Crippen molar-refractivity contribution in [3.8, 4) is 0 Å². The molecule has 0 aliphatic heterocycles. The van der Waals surface area contributed by atoms with Gasteiger partial charge in [0.15, 0.2) is 0 Å². The van der Waals surface area contributed by atoms with Gasteiger partial charge in [0.05, 0.1) is 0 Å². The van der Waals surface area contributed by atoms with E-state index in [9.17, 15) is 0 Å². The van der Waals surface area contributed by atoms with Crippen LogP contribution in [0.15, 0.2) is 46.3 Å². The van der Waals surface area contributed by atoms with Gasteiger partial charge in [-0.1, -0.05) is 40.2 Å². The molecule has 1 unspecified atom stereocenters. The molecular formula is C13H14BrNS. The Hall–Kier alpha value is -0.640. The summed E-state index contributed by atoms with van der Waals surface area (Å²) in [5.41, 5.74) is 7.23. The predicted molar refractivity (Wildman–Crippen MR) is 73.7 cm³/mol. The summed E-state index contributed by atoms with van der Waals surface area (Å²) in [4.78, 5) is 1.32. The zero-order chi connectivity index (χ0) is 11.6. The molecule has 0 fully saturated rings. The van der Waals surface area contributed by atoms with Crippen LogP contribution in [0.5, 0.6) is 0 Å². The maximum atomic E-state index is 6.41. The molecule has 2 aromatic rings. The van der Waals surface area contributed by atoms with Crippen molar-refractivity contribution in [2.45, 2.75) is 18.9 Å². The topological polar surface area (TPSA) is 26.0 Å². The molecule has 84 valence electrons. The Bertz CT molecular complexity index is 463. The number of rotatable bonds is 3. The summed E-state index contributed by atoms with van der Waals surface area (Å²) in [6.45, 7) is 2.08. The average Bonchev–Trinajstić information content (AvgIpc) is 2.70. The van der Waals surface area contributed by atoms with Crippen LogP contribution in [0.4, 0.5) is 0 Å². The number of nitrogens with two attached hydrogens (primary N) is 1. The first kappa shape index (κ1) is 11.8. The Morgan fingerprint density at radius 2 is 2.00 bits per heavy atom. The molecule has 0 aliphatic rings. The molecule has 3 heteroatoms. The van der Waals surface area contributed by atoms with Gasteiger partial charge in [-0.15, -0.1) is 11.3 Å². The van der Waals surface area contributed by atoms with Crippen molar-refractivity contribution in [2.24, 2.45) is 5.73 Å². The second kappa shape index (κ2) is 4.70. The minimum atomic E-state index is -0.328. The van der Waals surface area contributed by atoms with Crippen LogP contribution in [0, 0.1) is 0 Å². The molecule has 0 saturated carbocycles. The molecule has 1 heterocycles. The van der Waals surface area contributed by atoms with E-state index in [1.165, 1.54) is 4.88 Å². The molecule has 1 atom stereocenters. The number of halogens is 1. The van der Waals surface area contributed by atoms with Crippen molar-refractivity contribution in [2.75, 3.05) is 0 Å². The standard InChI is InChI=1S/C13H14BrNS/c1-13(15,9-10-5-4-8-16-10)11-6-2-3-7-12(11)14/h2-8H,9,15H2,1H3. The highest BCUT2D eigenvalue weighted by atomic mass is 79.9. The highest BCUT2D eigenvalue weighted by molar-refractivity contribution is 9.10. The van der Waals surface area contributed by atoms with Crippen molar-refractivity contribution in [1.82, 2.24) is 0 Å². The molecule has 2 rings (SSSR count). The van der Waals surface area contributed by atoms with Gasteiger partial charge in [-0.3, -0.25) is 0 Å². The van der Waals surface area contributed by atoms with Crippen molar-refractivity contribution < 1.29 is 0 Å². The van der Waals surface area contributed by atoms with E-state index in [0.717, 1.165) is 16.5 Å². The van der Waals surface area contributed by atoms with E-state index in [4.69, 9.17) is 5.73 Å². The van der Waals surface area contributed by atoms with Crippen LogP contribution >= 0.6 is 27.3 Å². The molecule has 1 nitrogen and oxygen atoms in total. The number of hydrogen-bond donors (Lipinski definition) is 1. The first-order valence-corrected chi connectivity index (χ1v) is 6.83. The largest absolute Gasteiger partial charge is 0.321 e. The van der Waals surface area contributed by atoms with Crippen LogP contribution in [0.3, 0.4) is 0 Å². The molecule has 0 amide bonds. The molecule has 16 heavy (non-hydrogen) atoms. The zero-order valence-corrected chi connectivity index (χ0v) is 11.5. The van der Waals surface area contributed by atoms with Crippen LogP contribution in [-0.4, -0.2) is 0 Å². The number of thiophene rings is 1. The molecular weight excluding hydrogens is 282 g/mol. The maximum Gasteiger partial charge on any atom is 0.0440 e. The van der Waals surface area contributed by atoms with Gasteiger partial charge >= 0.3 is 0 Å². The summed E-state index contributed by atoms with van der Waals surface area (Å²) < 4.78 is 1.08. The zero-order valence-electron chi connectivity index (χ0n) is 9.11. The number of hydrogen-bond acceptors (Lipinski definition) is 2. The van der Waals surface area contributed by atoms with Gasteiger partial charge < -0.3 is 5.73 Å². The Balaban J connectivity index is 2.28. The molecule has 0 radical (unpaired) electrons. The summed E-state index contributed by atoms with van der Waals surface area (Å²) in [6, 6.07) is 12.4. The van der Waals surface area contributed by atoms with E-state index >= 15 is 0 Å². The van der Waals surface area contributed by atoms with E-state index < -0.39 is 0 Å². The lowest BCUT2D eigenvalue weighted by Crippen LogP contribution is -2.35. The fraction of sp³-hybridized carbons (Fsp3) is 0.231. The summed E-state index contributed by atoms with van der Waals surface area (Å²) in [6.07, 6.45) is 0.868. The number of benzene rings is 1. The van der Waals surface area contributed by atoms with Gasteiger partial charge in [0.2, 0.25) is 0 Å². The highest BCUT2D eigenvalue weighted by Crippen LogP contribution is 2.30. The van der Waals surface area contributed by atoms with E-state index in [1.54, 1.807) is 11.3 Å². The first-order valence-electron chi connectivity index (χ1n) is 5.16. The molecule has 2 N–H and O–H groups in total. The lowest BCUT2D eigenvalue weighted by molar-refractivity contribution is 0.493. The van der Waals surface area contributed by atoms with Gasteiger partial charge in [-0.05, 0) is 30.0 Å². The van der Waals surface area contributed by atoms with Crippen molar-refractivity contribution >= 4 is 27.3 Å². The Morgan fingerprint density at radius 3 is 2.62 bits per heavy atom. The summed E-state index contributed by atoms with van der Waals surface area (Å²) >= 11 is 5.31. The summed E-state index contributed by atoms with van der Waals surface area (Å²) in [5, 5.41) is 2.09. The van der Waals surface area contributed by atoms with Gasteiger partial charge in [-0.25, -0.2) is 0 Å². The molecule has 1 aromatic carbocycles. The molecule has 0 spiro atoms. The average molecular weight is 296 g/mol. The summed E-state index contributed by atoms with van der Waals surface area (Å²) in [5.74, 6) is 0. The van der Waals surface area contributed by atoms with Gasteiger partial charge in [0, 0.05) is 21.3 Å². The lowest BCUT2D eigenvalue weighted by atomic mass is 9.89. The minimum Gasteiger partial charge on any atom is -0.321 e. The predicted octanol–water partition coefficient (Wildman–Crippen LogP) is 3.93. The van der Waals surface area contributed by atoms with Crippen LogP contribution in [0.25, 0.3) is 0 Å². The first-order chi connectivity index (χ1) is 7.59. The fourth-order valence-corrected chi connectivity index (χ4v) is 3.40. The highest BCUT2D eigenvalue weighted by Gasteiger charge is 2.24. The van der Waals surface area contributed by atoms with Crippen molar-refractivity contribution in [3.05, 3.63) is 56.7 Å². The Labute approximate surface area is 108 Å². The van der Waals surface area contributed by atoms with Crippen LogP contribution < -0.4 is 5.73 Å². The minimum absolute atomic E-state index is 0.328. The van der Waals surface area contributed by atoms with Gasteiger partial charge in [0.25, 0.3) is 0 Å². The van der Waals surface area contributed by atoms with E-state index in [2.05, 4.69) is 46.4 Å². The molecule has 1 aromatic heterocycles. The van der Waals surface area contributed by atoms with Crippen LogP contribution in [0.2, 0.25) is 0 Å². The van der Waals surface area contributed by atoms with E-state index in [-0.39, 0.29) is 5.54 Å². The summed E-state index contributed by atoms with van der Waals surface area (Å²) in [7, 11) is 0. The second-order valence-electron chi connectivity index (χ2n) is 4.15. The Kier molecular flexibility index (Phi) is 3.47. The van der Waals surface area contributed by atoms with E-state index in [1.807, 2.05) is 18.2 Å². The monoisotopic (exact) mass is 295 g/mol. The molecule has 0 aliphatic carbocycles. The van der Waals surface area contributed by atoms with Gasteiger partial charge in [-0.2, -0.15) is 0 Å². The lowest BCUT2D eigenvalue weighted by Gasteiger charge is -2.25. The second-order valence-corrected chi connectivity index (χ2v) is 6.04. The third kappa shape index (κ3) is 2.54.